The molecule has 0 aliphatic heterocycles. The van der Waals surface area contributed by atoms with Crippen LogP contribution >= 0.6 is 0 Å². The van der Waals surface area contributed by atoms with Crippen molar-refractivity contribution in [1.29, 1.82) is 0 Å². The average Bonchev–Trinajstić information content (AvgIpc) is 2.55. The number of benzene rings is 1. The maximum Gasteiger partial charge on any atom is 0.408 e. The Kier molecular flexibility index (Phi) is 9.50. The van der Waals surface area contributed by atoms with E-state index in [-0.39, 0.29) is 12.0 Å². The predicted octanol–water partition coefficient (Wildman–Crippen LogP) is 5.88. The molecule has 0 aromatic heterocycles. The molecule has 0 fully saturated rings. The second kappa shape index (κ2) is 11.1. The summed E-state index contributed by atoms with van der Waals surface area (Å²) in [4.78, 5) is 11.9. The lowest BCUT2D eigenvalue weighted by molar-refractivity contribution is -0.155. The number of hydrogen-bond acceptors (Lipinski definition) is 1. The van der Waals surface area contributed by atoms with E-state index in [0.717, 1.165) is 25.7 Å². The van der Waals surface area contributed by atoms with Crippen molar-refractivity contribution in [3.8, 4) is 0 Å². The minimum absolute atomic E-state index is 0.0585. The molecule has 1 N–H and O–H groups in total. The molecule has 1 atom stereocenters. The van der Waals surface area contributed by atoms with Crippen molar-refractivity contribution < 1.29 is 18.0 Å². The molecule has 0 spiro atoms. The quantitative estimate of drug-likeness (QED) is 0.500. The molecule has 0 unspecified atom stereocenters. The molecule has 0 bridgehead atoms. The minimum atomic E-state index is -4.41. The van der Waals surface area contributed by atoms with Gasteiger partial charge in [0.2, 0.25) is 0 Å². The van der Waals surface area contributed by atoms with Gasteiger partial charge in [-0.2, -0.15) is 13.2 Å². The molecular weight excluding hydrogens is 315 g/mol. The van der Waals surface area contributed by atoms with Crippen LogP contribution in [0.3, 0.4) is 0 Å². The molecular formula is C19H28F3NO. The van der Waals surface area contributed by atoms with Gasteiger partial charge in [-0.25, -0.2) is 0 Å². The molecule has 0 saturated carbocycles. The molecule has 1 rings (SSSR count). The first-order valence-electron chi connectivity index (χ1n) is 8.87. The van der Waals surface area contributed by atoms with Crippen LogP contribution in [0.2, 0.25) is 0 Å². The Morgan fingerprint density at radius 2 is 1.50 bits per heavy atom. The standard InChI is InChI=1S/C19H28F3NO/c1-2-3-4-5-6-7-8-12-15-17(19(20,21)22)23-18(24)16-13-10-9-11-14-16/h9-11,13-14,17H,2-8,12,15H2,1H3,(H,23,24)/t17-/m0/s1. The van der Waals surface area contributed by atoms with Crippen LogP contribution in [0.5, 0.6) is 0 Å². The van der Waals surface area contributed by atoms with Gasteiger partial charge in [0.05, 0.1) is 0 Å². The number of alkyl halides is 3. The summed E-state index contributed by atoms with van der Waals surface area (Å²) in [7, 11) is 0. The lowest BCUT2D eigenvalue weighted by Gasteiger charge is -2.21. The SMILES string of the molecule is CCCCCCCCCC[C@H](NC(=O)c1ccccc1)C(F)(F)F. The molecule has 0 radical (unpaired) electrons. The second-order valence-corrected chi connectivity index (χ2v) is 6.20. The monoisotopic (exact) mass is 343 g/mol. The molecule has 24 heavy (non-hydrogen) atoms. The maximum atomic E-state index is 13.1. The highest BCUT2D eigenvalue weighted by Crippen LogP contribution is 2.25. The van der Waals surface area contributed by atoms with Crippen molar-refractivity contribution in [2.24, 2.45) is 0 Å². The van der Waals surface area contributed by atoms with Crippen molar-refractivity contribution in [3.63, 3.8) is 0 Å². The number of rotatable bonds is 11. The summed E-state index contributed by atoms with van der Waals surface area (Å²) in [5.74, 6) is -0.669. The molecule has 0 heterocycles. The Hall–Kier alpha value is -1.52. The number of unbranched alkanes of at least 4 members (excludes halogenated alkanes) is 7. The van der Waals surface area contributed by atoms with E-state index in [1.165, 1.54) is 31.4 Å². The Morgan fingerprint density at radius 1 is 0.958 bits per heavy atom. The first kappa shape index (κ1) is 20.5. The second-order valence-electron chi connectivity index (χ2n) is 6.20. The molecule has 0 aliphatic rings. The normalized spacial score (nSPS) is 12.8. The number of amides is 1. The van der Waals surface area contributed by atoms with Gasteiger partial charge in [0, 0.05) is 5.56 Å². The highest BCUT2D eigenvalue weighted by molar-refractivity contribution is 5.94. The van der Waals surface area contributed by atoms with E-state index in [0.29, 0.717) is 6.42 Å². The van der Waals surface area contributed by atoms with Crippen molar-refractivity contribution >= 4 is 5.91 Å². The zero-order valence-electron chi connectivity index (χ0n) is 14.4. The summed E-state index contributed by atoms with van der Waals surface area (Å²) in [6.07, 6.45) is 3.59. The van der Waals surface area contributed by atoms with Gasteiger partial charge >= 0.3 is 6.18 Å². The summed E-state index contributed by atoms with van der Waals surface area (Å²) in [5, 5.41) is 2.13. The van der Waals surface area contributed by atoms with Gasteiger partial charge in [-0.1, -0.05) is 76.5 Å². The van der Waals surface area contributed by atoms with Gasteiger partial charge in [-0.3, -0.25) is 4.79 Å². The lowest BCUT2D eigenvalue weighted by atomic mass is 10.0. The van der Waals surface area contributed by atoms with Crippen molar-refractivity contribution in [1.82, 2.24) is 5.32 Å². The molecule has 136 valence electrons. The lowest BCUT2D eigenvalue weighted by Crippen LogP contribution is -2.45. The van der Waals surface area contributed by atoms with E-state index in [9.17, 15) is 18.0 Å². The zero-order chi connectivity index (χ0) is 17.8. The van der Waals surface area contributed by atoms with E-state index in [1.807, 2.05) is 0 Å². The first-order chi connectivity index (χ1) is 11.4. The smallest absolute Gasteiger partial charge is 0.340 e. The fourth-order valence-electron chi connectivity index (χ4n) is 2.63. The first-order valence-corrected chi connectivity index (χ1v) is 8.87. The number of hydrogen-bond donors (Lipinski definition) is 1. The predicted molar refractivity (Wildman–Crippen MR) is 91.0 cm³/mol. The third-order valence-corrected chi connectivity index (χ3v) is 4.08. The summed E-state index contributed by atoms with van der Waals surface area (Å²) in [6.45, 7) is 2.15. The van der Waals surface area contributed by atoms with Gasteiger partial charge in [0.25, 0.3) is 5.91 Å². The highest BCUT2D eigenvalue weighted by Gasteiger charge is 2.40. The summed E-state index contributed by atoms with van der Waals surface area (Å²) < 4.78 is 39.3. The van der Waals surface area contributed by atoms with Crippen LogP contribution in [0, 0.1) is 0 Å². The molecule has 0 saturated heterocycles. The van der Waals surface area contributed by atoms with Gasteiger partial charge in [0.15, 0.2) is 0 Å². The third kappa shape index (κ3) is 8.37. The van der Waals surface area contributed by atoms with E-state index in [4.69, 9.17) is 0 Å². The van der Waals surface area contributed by atoms with Crippen LogP contribution < -0.4 is 5.32 Å². The highest BCUT2D eigenvalue weighted by atomic mass is 19.4. The Labute approximate surface area is 142 Å². The number of carbonyl (C=O) groups excluding carboxylic acids is 1. The average molecular weight is 343 g/mol. The molecule has 5 heteroatoms. The van der Waals surface area contributed by atoms with E-state index in [1.54, 1.807) is 18.2 Å². The van der Waals surface area contributed by atoms with Crippen LogP contribution in [0.4, 0.5) is 13.2 Å². The van der Waals surface area contributed by atoms with Crippen LogP contribution in [-0.2, 0) is 0 Å². The molecule has 1 aromatic carbocycles. The number of carbonyl (C=O) groups is 1. The van der Waals surface area contributed by atoms with Gasteiger partial charge < -0.3 is 5.32 Å². The molecule has 2 nitrogen and oxygen atoms in total. The van der Waals surface area contributed by atoms with Crippen LogP contribution in [0.25, 0.3) is 0 Å². The molecule has 1 amide bonds. The van der Waals surface area contributed by atoms with Crippen LogP contribution in [-0.4, -0.2) is 18.1 Å². The molecule has 0 aliphatic carbocycles. The van der Waals surface area contributed by atoms with Crippen molar-refractivity contribution in [2.45, 2.75) is 76.9 Å². The Balaban J connectivity index is 2.34. The maximum absolute atomic E-state index is 13.1. The number of halogens is 3. The summed E-state index contributed by atoms with van der Waals surface area (Å²) in [5.41, 5.74) is 0.252. The minimum Gasteiger partial charge on any atom is -0.340 e. The van der Waals surface area contributed by atoms with Crippen molar-refractivity contribution in [2.75, 3.05) is 0 Å². The van der Waals surface area contributed by atoms with Crippen LogP contribution in [0.1, 0.15) is 75.1 Å². The number of nitrogens with one attached hydrogen (secondary N) is 1. The Bertz CT molecular complexity index is 459. The topological polar surface area (TPSA) is 29.1 Å². The van der Waals surface area contributed by atoms with E-state index >= 15 is 0 Å². The molecule has 1 aromatic rings. The van der Waals surface area contributed by atoms with E-state index in [2.05, 4.69) is 12.2 Å². The van der Waals surface area contributed by atoms with Crippen molar-refractivity contribution in [3.05, 3.63) is 35.9 Å². The van der Waals surface area contributed by atoms with E-state index < -0.39 is 18.1 Å². The summed E-state index contributed by atoms with van der Waals surface area (Å²) >= 11 is 0. The fourth-order valence-corrected chi connectivity index (χ4v) is 2.63. The van der Waals surface area contributed by atoms with Gasteiger partial charge in [0.1, 0.15) is 6.04 Å². The third-order valence-electron chi connectivity index (χ3n) is 4.08. The fraction of sp³-hybridized carbons (Fsp3) is 0.632. The van der Waals surface area contributed by atoms with Gasteiger partial charge in [-0.15, -0.1) is 0 Å². The summed E-state index contributed by atoms with van der Waals surface area (Å²) in [6, 6.07) is 6.24. The zero-order valence-corrected chi connectivity index (χ0v) is 14.4. The largest absolute Gasteiger partial charge is 0.408 e. The Morgan fingerprint density at radius 3 is 2.04 bits per heavy atom. The van der Waals surface area contributed by atoms with Crippen LogP contribution in [0.15, 0.2) is 30.3 Å². The van der Waals surface area contributed by atoms with Gasteiger partial charge in [-0.05, 0) is 18.6 Å².